The normalized spacial score (nSPS) is 10.7. The van der Waals surface area contributed by atoms with Gasteiger partial charge >= 0.3 is 16.9 Å². The third-order valence-corrected chi connectivity index (χ3v) is 2.94. The molecule has 0 radical (unpaired) electrons. The predicted octanol–water partition coefficient (Wildman–Crippen LogP) is 1.16. The van der Waals surface area contributed by atoms with Crippen LogP contribution in [-0.4, -0.2) is 29.1 Å². The molecule has 2 N–H and O–H groups in total. The number of methoxy groups -OCH3 is 2. The molecule has 0 atom stereocenters. The predicted molar refractivity (Wildman–Crippen MR) is 82.8 cm³/mol. The van der Waals surface area contributed by atoms with Gasteiger partial charge in [-0.25, -0.2) is 4.79 Å². The van der Waals surface area contributed by atoms with Crippen molar-refractivity contribution in [2.24, 2.45) is 0 Å². The highest BCUT2D eigenvalue weighted by Crippen LogP contribution is 2.24. The molecule has 9 heteroatoms. The largest absolute Gasteiger partial charge is 0.497 e. The summed E-state index contributed by atoms with van der Waals surface area (Å²) in [5.74, 6) is 1.05. The van der Waals surface area contributed by atoms with Crippen molar-refractivity contribution < 1.29 is 14.4 Å². The van der Waals surface area contributed by atoms with Crippen LogP contribution >= 0.6 is 0 Å². The van der Waals surface area contributed by atoms with Crippen molar-refractivity contribution in [2.45, 2.75) is 0 Å². The number of aromatic amines is 2. The fraction of sp³-hybridized carbons (Fsp3) is 0.143. The van der Waals surface area contributed by atoms with Crippen LogP contribution in [-0.2, 0) is 0 Å². The summed E-state index contributed by atoms with van der Waals surface area (Å²) in [7, 11) is 2.97. The lowest BCUT2D eigenvalue weighted by atomic mass is 10.1. The van der Waals surface area contributed by atoms with Gasteiger partial charge in [0.15, 0.2) is 0 Å². The Morgan fingerprint density at radius 3 is 2.17 bits per heavy atom. The number of benzene rings is 1. The van der Waals surface area contributed by atoms with Gasteiger partial charge in [0, 0.05) is 6.07 Å². The van der Waals surface area contributed by atoms with Crippen molar-refractivity contribution in [1.82, 2.24) is 9.97 Å². The molecule has 23 heavy (non-hydrogen) atoms. The molecule has 120 valence electrons. The molecule has 0 spiro atoms. The Balaban J connectivity index is 2.51. The molecule has 0 aliphatic carbocycles. The Morgan fingerprint density at radius 2 is 1.65 bits per heavy atom. The van der Waals surface area contributed by atoms with Gasteiger partial charge < -0.3 is 14.5 Å². The molecule has 0 fully saturated rings. The number of hydrogen-bond acceptors (Lipinski definition) is 6. The first-order chi connectivity index (χ1) is 10.9. The molecule has 0 saturated heterocycles. The smallest absolute Gasteiger partial charge is 0.357 e. The van der Waals surface area contributed by atoms with Crippen LogP contribution < -0.4 is 20.7 Å². The molecule has 2 rings (SSSR count). The number of nitro groups is 1. The first kappa shape index (κ1) is 16.0. The molecule has 0 amide bonds. The zero-order chi connectivity index (χ0) is 17.0. The third-order valence-electron chi connectivity index (χ3n) is 2.94. The highest BCUT2D eigenvalue weighted by Gasteiger charge is 2.18. The molecular weight excluding hydrogens is 306 g/mol. The van der Waals surface area contributed by atoms with Gasteiger partial charge in [-0.1, -0.05) is 6.08 Å². The van der Waals surface area contributed by atoms with Crippen molar-refractivity contribution >= 4 is 17.8 Å². The summed E-state index contributed by atoms with van der Waals surface area (Å²) >= 11 is 0. The molecule has 0 aliphatic heterocycles. The molecule has 0 aliphatic rings. The molecule has 0 saturated carbocycles. The van der Waals surface area contributed by atoms with Gasteiger partial charge in [0.1, 0.15) is 17.2 Å². The van der Waals surface area contributed by atoms with E-state index in [0.29, 0.717) is 17.1 Å². The Hall–Kier alpha value is -3.36. The van der Waals surface area contributed by atoms with E-state index in [4.69, 9.17) is 9.47 Å². The molecule has 1 aromatic carbocycles. The summed E-state index contributed by atoms with van der Waals surface area (Å²) in [6.07, 6.45) is 2.76. The maximum atomic E-state index is 11.5. The second kappa shape index (κ2) is 6.60. The maximum absolute atomic E-state index is 11.5. The number of hydrogen-bond donors (Lipinski definition) is 2. The SMILES string of the molecule is COc1cc(/C=C/c2[nH]c(=O)[nH]c(=O)c2[N+](=O)[O-])cc(OC)c1. The molecule has 0 unspecified atom stereocenters. The van der Waals surface area contributed by atoms with Crippen molar-refractivity contribution in [3.05, 3.63) is 60.4 Å². The lowest BCUT2D eigenvalue weighted by molar-refractivity contribution is -0.386. The second-order valence-electron chi connectivity index (χ2n) is 4.41. The van der Waals surface area contributed by atoms with Crippen molar-refractivity contribution in [1.29, 1.82) is 0 Å². The van der Waals surface area contributed by atoms with Crippen LogP contribution in [0.4, 0.5) is 5.69 Å². The monoisotopic (exact) mass is 319 g/mol. The van der Waals surface area contributed by atoms with Gasteiger partial charge in [0.05, 0.1) is 19.1 Å². The van der Waals surface area contributed by atoms with Crippen molar-refractivity contribution in [3.63, 3.8) is 0 Å². The summed E-state index contributed by atoms with van der Waals surface area (Å²) in [6.45, 7) is 0. The quantitative estimate of drug-likeness (QED) is 0.629. The van der Waals surface area contributed by atoms with Gasteiger partial charge in [-0.2, -0.15) is 0 Å². The van der Waals surface area contributed by atoms with E-state index in [9.17, 15) is 19.7 Å². The highest BCUT2D eigenvalue weighted by atomic mass is 16.6. The zero-order valence-corrected chi connectivity index (χ0v) is 12.3. The first-order valence-corrected chi connectivity index (χ1v) is 6.36. The van der Waals surface area contributed by atoms with Gasteiger partial charge in [0.25, 0.3) is 0 Å². The van der Waals surface area contributed by atoms with Gasteiger partial charge in [0.2, 0.25) is 0 Å². The van der Waals surface area contributed by atoms with Crippen LogP contribution in [0.15, 0.2) is 27.8 Å². The van der Waals surface area contributed by atoms with E-state index in [1.54, 1.807) is 18.2 Å². The third kappa shape index (κ3) is 3.64. The Labute approximate surface area is 129 Å². The fourth-order valence-corrected chi connectivity index (χ4v) is 1.90. The van der Waals surface area contributed by atoms with Crippen LogP contribution in [0.1, 0.15) is 11.3 Å². The highest BCUT2D eigenvalue weighted by molar-refractivity contribution is 5.72. The van der Waals surface area contributed by atoms with Gasteiger partial charge in [-0.3, -0.25) is 19.9 Å². The van der Waals surface area contributed by atoms with Crippen LogP contribution in [0.25, 0.3) is 12.2 Å². The Kier molecular flexibility index (Phi) is 4.60. The van der Waals surface area contributed by atoms with Crippen LogP contribution in [0.2, 0.25) is 0 Å². The van der Waals surface area contributed by atoms with E-state index in [-0.39, 0.29) is 5.69 Å². The topological polar surface area (TPSA) is 127 Å². The number of nitrogens with one attached hydrogen (secondary N) is 2. The number of aromatic nitrogens is 2. The number of ether oxygens (including phenoxy) is 2. The van der Waals surface area contributed by atoms with Crippen LogP contribution in [0, 0.1) is 10.1 Å². The number of rotatable bonds is 5. The van der Waals surface area contributed by atoms with E-state index >= 15 is 0 Å². The van der Waals surface area contributed by atoms with E-state index < -0.39 is 21.9 Å². The molecule has 2 aromatic rings. The maximum Gasteiger partial charge on any atom is 0.357 e. The van der Waals surface area contributed by atoms with E-state index in [1.165, 1.54) is 26.4 Å². The summed E-state index contributed by atoms with van der Waals surface area (Å²) in [5, 5.41) is 11.0. The number of nitrogens with zero attached hydrogens (tertiary/aromatic N) is 1. The van der Waals surface area contributed by atoms with Gasteiger partial charge in [-0.15, -0.1) is 0 Å². The van der Waals surface area contributed by atoms with Crippen LogP contribution in [0.3, 0.4) is 0 Å². The van der Waals surface area contributed by atoms with Crippen molar-refractivity contribution in [3.8, 4) is 11.5 Å². The first-order valence-electron chi connectivity index (χ1n) is 6.36. The zero-order valence-electron chi connectivity index (χ0n) is 12.3. The minimum Gasteiger partial charge on any atom is -0.497 e. The minimum absolute atomic E-state index is 0.203. The van der Waals surface area contributed by atoms with Crippen molar-refractivity contribution in [2.75, 3.05) is 14.2 Å². The number of H-pyrrole nitrogens is 2. The molecular formula is C14H13N3O6. The summed E-state index contributed by atoms with van der Waals surface area (Å²) in [5.41, 5.74) is -2.23. The minimum atomic E-state index is -1.07. The Bertz CT molecular complexity index is 859. The summed E-state index contributed by atoms with van der Waals surface area (Å²) in [4.78, 5) is 36.9. The lowest BCUT2D eigenvalue weighted by Gasteiger charge is -2.05. The van der Waals surface area contributed by atoms with E-state index in [1.807, 2.05) is 4.98 Å². The van der Waals surface area contributed by atoms with E-state index in [2.05, 4.69) is 4.98 Å². The molecule has 9 nitrogen and oxygen atoms in total. The molecule has 0 bridgehead atoms. The summed E-state index contributed by atoms with van der Waals surface area (Å²) in [6, 6.07) is 4.99. The average molecular weight is 319 g/mol. The van der Waals surface area contributed by atoms with E-state index in [0.717, 1.165) is 0 Å². The molecule has 1 heterocycles. The molecule has 1 aromatic heterocycles. The lowest BCUT2D eigenvalue weighted by Crippen LogP contribution is -2.25. The van der Waals surface area contributed by atoms with Gasteiger partial charge in [-0.05, 0) is 23.8 Å². The Morgan fingerprint density at radius 1 is 1.04 bits per heavy atom. The standard InChI is InChI=1S/C14H13N3O6/c1-22-9-5-8(6-10(7-9)23-2)3-4-11-12(17(20)21)13(18)16-14(19)15-11/h3-7H,1-2H3,(H2,15,16,18,19)/b4-3+. The van der Waals surface area contributed by atoms with Crippen LogP contribution in [0.5, 0.6) is 11.5 Å². The summed E-state index contributed by atoms with van der Waals surface area (Å²) < 4.78 is 10.2. The second-order valence-corrected chi connectivity index (χ2v) is 4.41. The average Bonchev–Trinajstić information content (AvgIpc) is 2.51. The fourth-order valence-electron chi connectivity index (χ4n) is 1.90.